The van der Waals surface area contributed by atoms with E-state index in [1.54, 1.807) is 32.4 Å². The summed E-state index contributed by atoms with van der Waals surface area (Å²) >= 11 is 0. The second kappa shape index (κ2) is 13.7. The van der Waals surface area contributed by atoms with Gasteiger partial charge in [-0.3, -0.25) is 0 Å². The number of nitrogens with zero attached hydrogens (tertiary/aromatic N) is 3. The number of methoxy groups -OCH3 is 2. The van der Waals surface area contributed by atoms with Crippen molar-refractivity contribution in [3.05, 3.63) is 70.9 Å². The second-order valence-corrected chi connectivity index (χ2v) is 11.4. The molecular formula is C33H41F3N4O3. The molecule has 1 atom stereocenters. The maximum Gasteiger partial charge on any atom is 0.418 e. The fourth-order valence-electron chi connectivity index (χ4n) is 5.70. The van der Waals surface area contributed by atoms with Crippen molar-refractivity contribution in [1.82, 2.24) is 5.32 Å². The summed E-state index contributed by atoms with van der Waals surface area (Å²) < 4.78 is 53.9. The third kappa shape index (κ3) is 7.24. The van der Waals surface area contributed by atoms with Crippen LogP contribution in [0.5, 0.6) is 11.5 Å². The summed E-state index contributed by atoms with van der Waals surface area (Å²) in [6.45, 7) is 10.4. The first-order valence-corrected chi connectivity index (χ1v) is 14.6. The molecule has 1 saturated heterocycles. The topological polar surface area (TPSA) is 66.4 Å². The van der Waals surface area contributed by atoms with Gasteiger partial charge in [0.05, 0.1) is 36.9 Å². The number of hydrogen-bond donors (Lipinski definition) is 1. The maximum atomic E-state index is 14.3. The first-order chi connectivity index (χ1) is 20.5. The highest BCUT2D eigenvalue weighted by Crippen LogP contribution is 2.46. The largest absolute Gasteiger partial charge is 0.497 e. The van der Waals surface area contributed by atoms with E-state index < -0.39 is 11.7 Å². The number of halogens is 3. The Morgan fingerprint density at radius 2 is 1.74 bits per heavy atom. The number of allylic oxidation sites excluding steroid dienone is 2. The lowest BCUT2D eigenvalue weighted by Gasteiger charge is -2.32. The molecule has 1 N–H and O–H groups in total. The van der Waals surface area contributed by atoms with E-state index in [2.05, 4.69) is 16.8 Å². The van der Waals surface area contributed by atoms with Crippen molar-refractivity contribution in [3.63, 3.8) is 0 Å². The Balaban J connectivity index is 0.000000782. The molecule has 1 aliphatic carbocycles. The zero-order valence-corrected chi connectivity index (χ0v) is 25.6. The summed E-state index contributed by atoms with van der Waals surface area (Å²) in [6, 6.07) is 9.79. The molecule has 1 unspecified atom stereocenters. The molecule has 0 aromatic heterocycles. The number of carbonyl (C=O) groups excluding carboxylic acids is 1. The summed E-state index contributed by atoms with van der Waals surface area (Å²) in [7, 11) is 5.05. The van der Waals surface area contributed by atoms with Gasteiger partial charge in [-0.1, -0.05) is 20.4 Å². The van der Waals surface area contributed by atoms with Gasteiger partial charge in [0.1, 0.15) is 17.8 Å². The number of nitrogens with one attached hydrogen (secondary N) is 1. The van der Waals surface area contributed by atoms with Gasteiger partial charge in [-0.25, -0.2) is 5.01 Å². The number of anilines is 2. The number of hydrazone groups is 1. The van der Waals surface area contributed by atoms with Gasteiger partial charge >= 0.3 is 6.18 Å². The highest BCUT2D eigenvalue weighted by atomic mass is 19.4. The van der Waals surface area contributed by atoms with E-state index in [4.69, 9.17) is 14.6 Å². The highest BCUT2D eigenvalue weighted by molar-refractivity contribution is 6.15. The van der Waals surface area contributed by atoms with Gasteiger partial charge in [-0.05, 0) is 86.7 Å². The molecule has 2 aromatic rings. The smallest absolute Gasteiger partial charge is 0.418 e. The minimum atomic E-state index is -4.55. The van der Waals surface area contributed by atoms with Crippen LogP contribution in [-0.4, -0.2) is 52.9 Å². The summed E-state index contributed by atoms with van der Waals surface area (Å²) in [5.41, 5.74) is 3.82. The van der Waals surface area contributed by atoms with E-state index in [0.29, 0.717) is 28.8 Å². The fourth-order valence-corrected chi connectivity index (χ4v) is 5.70. The molecule has 3 aliphatic rings. The van der Waals surface area contributed by atoms with Gasteiger partial charge < -0.3 is 24.5 Å². The molecule has 0 bridgehead atoms. The van der Waals surface area contributed by atoms with Crippen molar-refractivity contribution in [3.8, 4) is 11.5 Å². The molecule has 0 amide bonds. The van der Waals surface area contributed by atoms with Crippen LogP contribution in [0.2, 0.25) is 0 Å². The van der Waals surface area contributed by atoms with Crippen LogP contribution in [-0.2, 0) is 11.0 Å². The molecule has 2 aliphatic heterocycles. The summed E-state index contributed by atoms with van der Waals surface area (Å²) in [5, 5.41) is 9.43. The lowest BCUT2D eigenvalue weighted by atomic mass is 9.95. The average molecular weight is 599 g/mol. The van der Waals surface area contributed by atoms with Crippen molar-refractivity contribution < 1.29 is 27.4 Å². The van der Waals surface area contributed by atoms with E-state index >= 15 is 0 Å². The van der Waals surface area contributed by atoms with Crippen LogP contribution in [0.15, 0.2) is 64.9 Å². The van der Waals surface area contributed by atoms with Gasteiger partial charge in [-0.2, -0.15) is 18.3 Å². The van der Waals surface area contributed by atoms with Crippen molar-refractivity contribution in [2.24, 2.45) is 16.9 Å². The summed E-state index contributed by atoms with van der Waals surface area (Å²) in [5.74, 6) is 1.83. The zero-order valence-electron chi connectivity index (χ0n) is 25.6. The fraction of sp³-hybridized carbons (Fsp3) is 0.455. The lowest BCUT2D eigenvalue weighted by Crippen LogP contribution is -2.28. The monoisotopic (exact) mass is 598 g/mol. The second-order valence-electron chi connectivity index (χ2n) is 11.4. The molecule has 0 radical (unpaired) electrons. The Morgan fingerprint density at radius 3 is 2.33 bits per heavy atom. The van der Waals surface area contributed by atoms with Crippen LogP contribution < -0.4 is 24.7 Å². The van der Waals surface area contributed by atoms with Gasteiger partial charge in [0.25, 0.3) is 0 Å². The van der Waals surface area contributed by atoms with Crippen LogP contribution in [0.4, 0.5) is 24.5 Å². The summed E-state index contributed by atoms with van der Waals surface area (Å²) in [4.78, 5) is 11.7. The number of carbonyl (C=O) groups is 1. The first kappa shape index (κ1) is 32.1. The molecule has 2 aromatic carbocycles. The van der Waals surface area contributed by atoms with Crippen LogP contribution in [0.3, 0.4) is 0 Å². The van der Waals surface area contributed by atoms with Crippen molar-refractivity contribution in [1.29, 1.82) is 0 Å². The predicted octanol–water partition coefficient (Wildman–Crippen LogP) is 6.83. The first-order valence-electron chi connectivity index (χ1n) is 14.6. The summed E-state index contributed by atoms with van der Waals surface area (Å²) in [6.07, 6.45) is -0.224. The molecule has 43 heavy (non-hydrogen) atoms. The Morgan fingerprint density at radius 1 is 1.09 bits per heavy atom. The van der Waals surface area contributed by atoms with E-state index in [0.717, 1.165) is 74.0 Å². The number of hydrogen-bond acceptors (Lipinski definition) is 7. The zero-order chi connectivity index (χ0) is 31.3. The Hall–Kier alpha value is -3.79. The quantitative estimate of drug-likeness (QED) is 0.336. The minimum Gasteiger partial charge on any atom is -0.497 e. The van der Waals surface area contributed by atoms with Gasteiger partial charge in [0.2, 0.25) is 0 Å². The molecule has 7 nitrogen and oxygen atoms in total. The van der Waals surface area contributed by atoms with E-state index in [9.17, 15) is 18.0 Å². The predicted molar refractivity (Wildman–Crippen MR) is 165 cm³/mol. The van der Waals surface area contributed by atoms with Gasteiger partial charge in [0.15, 0.2) is 0 Å². The molecule has 0 saturated carbocycles. The number of rotatable bonds is 8. The van der Waals surface area contributed by atoms with E-state index in [1.807, 2.05) is 33.0 Å². The van der Waals surface area contributed by atoms with Crippen LogP contribution >= 0.6 is 0 Å². The third-order valence-electron chi connectivity index (χ3n) is 7.86. The Kier molecular flexibility index (Phi) is 10.2. The number of ether oxygens (including phenoxy) is 2. The standard InChI is InChI=1S/C29H33F3N4O2.C4H8O/c1-18-24-6-5-7-25(24)28(20-12-22(37-3)15-23(13-20)38-4)34-36(18)27-14-21(8-9-26(27)29(30,31)32)35-11-10-19(17-35)16-33-2;1-4(2)3-5/h8-9,12-15,19,33H,1,5-7,10-11,16-17H2,2-4H3;3-4H,1-2H3. The van der Waals surface area contributed by atoms with Crippen LogP contribution in [0, 0.1) is 11.8 Å². The highest BCUT2D eigenvalue weighted by Gasteiger charge is 2.39. The maximum absolute atomic E-state index is 14.3. The van der Waals surface area contributed by atoms with E-state index in [-0.39, 0.29) is 11.6 Å². The Labute approximate surface area is 252 Å². The number of benzene rings is 2. The molecule has 2 heterocycles. The van der Waals surface area contributed by atoms with Crippen molar-refractivity contribution in [2.75, 3.05) is 50.8 Å². The van der Waals surface area contributed by atoms with E-state index in [1.165, 1.54) is 11.1 Å². The van der Waals surface area contributed by atoms with Crippen molar-refractivity contribution in [2.45, 2.75) is 45.7 Å². The molecular weight excluding hydrogens is 557 g/mol. The molecule has 10 heteroatoms. The van der Waals surface area contributed by atoms with Crippen LogP contribution in [0.1, 0.15) is 50.7 Å². The normalized spacial score (nSPS) is 18.4. The lowest BCUT2D eigenvalue weighted by molar-refractivity contribution is -0.137. The molecule has 0 spiro atoms. The Bertz CT molecular complexity index is 1380. The molecule has 1 fully saturated rings. The molecule has 232 valence electrons. The van der Waals surface area contributed by atoms with Crippen molar-refractivity contribution >= 4 is 23.4 Å². The van der Waals surface area contributed by atoms with Gasteiger partial charge in [0, 0.05) is 36.3 Å². The minimum absolute atomic E-state index is 0.0112. The number of alkyl halides is 3. The number of aldehydes is 1. The average Bonchev–Trinajstić information content (AvgIpc) is 3.68. The van der Waals surface area contributed by atoms with Gasteiger partial charge in [-0.15, -0.1) is 0 Å². The SMILES string of the molecule is C=C1C2=C(CCC2)C(c2cc(OC)cc(OC)c2)=NN1c1cc(N2CCC(CNC)C2)ccc1C(F)(F)F.CC(C)C=O. The van der Waals surface area contributed by atoms with Crippen LogP contribution in [0.25, 0.3) is 0 Å². The third-order valence-corrected chi connectivity index (χ3v) is 7.86. The molecule has 5 rings (SSSR count).